The van der Waals surface area contributed by atoms with Crippen LogP contribution in [0.2, 0.25) is 5.02 Å². The summed E-state index contributed by atoms with van der Waals surface area (Å²) in [5.41, 5.74) is 0.767. The fourth-order valence-corrected chi connectivity index (χ4v) is 2.15. The van der Waals surface area contributed by atoms with E-state index < -0.39 is 37.9 Å². The zero-order valence-electron chi connectivity index (χ0n) is 15.0. The zero-order valence-corrected chi connectivity index (χ0v) is 15.7. The molecule has 0 radical (unpaired) electrons. The molecule has 1 amide bonds. The average molecular weight is 388 g/mol. The van der Waals surface area contributed by atoms with Crippen LogP contribution in [0.15, 0.2) is 18.2 Å². The average Bonchev–Trinajstić information content (AvgIpc) is 2.56. The van der Waals surface area contributed by atoms with Crippen molar-refractivity contribution in [1.29, 1.82) is 0 Å². The van der Waals surface area contributed by atoms with Gasteiger partial charge in [0.25, 0.3) is 0 Å². The Hall–Kier alpha value is -2.48. The van der Waals surface area contributed by atoms with Crippen molar-refractivity contribution in [3.63, 3.8) is 0 Å². The van der Waals surface area contributed by atoms with Gasteiger partial charge in [-0.05, 0) is 44.5 Å². The van der Waals surface area contributed by atoms with Crippen LogP contribution in [0.3, 0.4) is 0 Å². The standard InChI is InChI=1S/C17H22ClNO7/c1-4-23-15(20)9-19(10-16(21)24-5-2)17(22)26-11-25-14-7-6-13(18)8-12(14)3/h6-8H,4-5,9-11H2,1-3H3. The van der Waals surface area contributed by atoms with Gasteiger partial charge in [-0.25, -0.2) is 4.79 Å². The smallest absolute Gasteiger partial charge is 0.413 e. The van der Waals surface area contributed by atoms with E-state index >= 15 is 0 Å². The minimum Gasteiger partial charge on any atom is -0.465 e. The lowest BCUT2D eigenvalue weighted by Crippen LogP contribution is -2.41. The van der Waals surface area contributed by atoms with E-state index in [4.69, 9.17) is 30.5 Å². The topological polar surface area (TPSA) is 91.4 Å². The molecule has 1 rings (SSSR count). The summed E-state index contributed by atoms with van der Waals surface area (Å²) in [7, 11) is 0. The van der Waals surface area contributed by atoms with Crippen molar-refractivity contribution in [2.75, 3.05) is 33.1 Å². The van der Waals surface area contributed by atoms with Gasteiger partial charge < -0.3 is 18.9 Å². The van der Waals surface area contributed by atoms with Gasteiger partial charge in [-0.3, -0.25) is 14.5 Å². The van der Waals surface area contributed by atoms with Gasteiger partial charge in [-0.15, -0.1) is 0 Å². The fraction of sp³-hybridized carbons (Fsp3) is 0.471. The molecule has 0 spiro atoms. The molecular weight excluding hydrogens is 366 g/mol. The third kappa shape index (κ3) is 7.60. The summed E-state index contributed by atoms with van der Waals surface area (Å²) in [5.74, 6) is -0.837. The molecular formula is C17H22ClNO7. The zero-order chi connectivity index (χ0) is 19.5. The Morgan fingerprint density at radius 2 is 1.58 bits per heavy atom. The van der Waals surface area contributed by atoms with Gasteiger partial charge in [-0.1, -0.05) is 11.6 Å². The Balaban J connectivity index is 2.62. The number of nitrogens with zero attached hydrogens (tertiary/aromatic N) is 1. The molecule has 144 valence electrons. The number of hydrogen-bond donors (Lipinski definition) is 0. The van der Waals surface area contributed by atoms with E-state index in [1.807, 2.05) is 0 Å². The Bertz CT molecular complexity index is 616. The molecule has 0 saturated carbocycles. The highest BCUT2D eigenvalue weighted by molar-refractivity contribution is 6.30. The predicted molar refractivity (Wildman–Crippen MR) is 93.0 cm³/mol. The third-order valence-electron chi connectivity index (χ3n) is 3.04. The van der Waals surface area contributed by atoms with Crippen LogP contribution in [-0.2, 0) is 23.8 Å². The highest BCUT2D eigenvalue weighted by Crippen LogP contribution is 2.21. The summed E-state index contributed by atoms with van der Waals surface area (Å²) in [5, 5.41) is 0.557. The van der Waals surface area contributed by atoms with E-state index in [9.17, 15) is 14.4 Å². The molecule has 0 N–H and O–H groups in total. The molecule has 0 aliphatic carbocycles. The SMILES string of the molecule is CCOC(=O)CN(CC(=O)OCC)C(=O)OCOc1ccc(Cl)cc1C. The number of carbonyl (C=O) groups excluding carboxylic acids is 3. The van der Waals surface area contributed by atoms with Gasteiger partial charge in [0.05, 0.1) is 13.2 Å². The van der Waals surface area contributed by atoms with Crippen molar-refractivity contribution in [1.82, 2.24) is 4.90 Å². The molecule has 0 bridgehead atoms. The van der Waals surface area contributed by atoms with Crippen LogP contribution in [0.5, 0.6) is 5.75 Å². The monoisotopic (exact) mass is 387 g/mol. The van der Waals surface area contributed by atoms with Gasteiger partial charge in [0.15, 0.2) is 0 Å². The minimum absolute atomic E-state index is 0.153. The summed E-state index contributed by atoms with van der Waals surface area (Å²) in [4.78, 5) is 36.2. The molecule has 0 unspecified atom stereocenters. The first kappa shape index (κ1) is 21.6. The first-order valence-corrected chi connectivity index (χ1v) is 8.37. The number of esters is 2. The number of aryl methyl sites for hydroxylation is 1. The molecule has 0 atom stereocenters. The third-order valence-corrected chi connectivity index (χ3v) is 3.28. The normalized spacial score (nSPS) is 10.0. The van der Waals surface area contributed by atoms with E-state index in [1.54, 1.807) is 39.0 Å². The lowest BCUT2D eigenvalue weighted by molar-refractivity contribution is -0.147. The molecule has 0 heterocycles. The first-order chi connectivity index (χ1) is 12.4. The van der Waals surface area contributed by atoms with Crippen molar-refractivity contribution in [2.24, 2.45) is 0 Å². The van der Waals surface area contributed by atoms with Crippen LogP contribution >= 0.6 is 11.6 Å². The number of amides is 1. The first-order valence-electron chi connectivity index (χ1n) is 7.99. The number of carbonyl (C=O) groups is 3. The molecule has 0 fully saturated rings. The van der Waals surface area contributed by atoms with E-state index in [0.29, 0.717) is 10.8 Å². The maximum absolute atomic E-state index is 12.1. The van der Waals surface area contributed by atoms with E-state index in [2.05, 4.69) is 0 Å². The lowest BCUT2D eigenvalue weighted by Gasteiger charge is -2.20. The molecule has 1 aromatic rings. The predicted octanol–water partition coefficient (Wildman–Crippen LogP) is 2.55. The summed E-state index contributed by atoms with van der Waals surface area (Å²) in [6, 6.07) is 4.98. The number of ether oxygens (including phenoxy) is 4. The van der Waals surface area contributed by atoms with E-state index in [-0.39, 0.29) is 13.2 Å². The van der Waals surface area contributed by atoms with Crippen LogP contribution in [0.25, 0.3) is 0 Å². The minimum atomic E-state index is -0.905. The van der Waals surface area contributed by atoms with Crippen molar-refractivity contribution in [2.45, 2.75) is 20.8 Å². The summed E-state index contributed by atoms with van der Waals surface area (Å²) < 4.78 is 19.9. The largest absolute Gasteiger partial charge is 0.465 e. The van der Waals surface area contributed by atoms with Gasteiger partial charge >= 0.3 is 18.0 Å². The van der Waals surface area contributed by atoms with Gasteiger partial charge in [0.1, 0.15) is 18.8 Å². The number of halogens is 1. The Morgan fingerprint density at radius 1 is 1.00 bits per heavy atom. The highest BCUT2D eigenvalue weighted by Gasteiger charge is 2.23. The summed E-state index contributed by atoms with van der Waals surface area (Å²) in [6.07, 6.45) is -0.905. The molecule has 0 aliphatic heterocycles. The fourth-order valence-electron chi connectivity index (χ4n) is 1.92. The molecule has 0 aliphatic rings. The molecule has 0 aromatic heterocycles. The second-order valence-corrected chi connectivity index (χ2v) is 5.48. The van der Waals surface area contributed by atoms with Gasteiger partial charge in [0, 0.05) is 5.02 Å². The van der Waals surface area contributed by atoms with Gasteiger partial charge in [-0.2, -0.15) is 0 Å². The number of rotatable bonds is 9. The van der Waals surface area contributed by atoms with Crippen molar-refractivity contribution >= 4 is 29.6 Å². The maximum Gasteiger partial charge on any atom is 0.413 e. The van der Waals surface area contributed by atoms with Crippen LogP contribution in [-0.4, -0.2) is 56.0 Å². The van der Waals surface area contributed by atoms with E-state index in [1.165, 1.54) is 0 Å². The Morgan fingerprint density at radius 3 is 2.08 bits per heavy atom. The Kier molecular flexibility index (Phi) is 9.29. The molecule has 1 aromatic carbocycles. The molecule has 0 saturated heterocycles. The van der Waals surface area contributed by atoms with Gasteiger partial charge in [0.2, 0.25) is 6.79 Å². The number of hydrogen-bond acceptors (Lipinski definition) is 7. The van der Waals surface area contributed by atoms with Crippen LogP contribution in [0.1, 0.15) is 19.4 Å². The summed E-state index contributed by atoms with van der Waals surface area (Å²) >= 11 is 5.86. The highest BCUT2D eigenvalue weighted by atomic mass is 35.5. The second kappa shape index (κ2) is 11.2. The van der Waals surface area contributed by atoms with E-state index in [0.717, 1.165) is 10.5 Å². The van der Waals surface area contributed by atoms with Crippen molar-refractivity contribution in [3.8, 4) is 5.75 Å². The maximum atomic E-state index is 12.1. The number of benzene rings is 1. The van der Waals surface area contributed by atoms with Crippen LogP contribution < -0.4 is 4.74 Å². The summed E-state index contributed by atoms with van der Waals surface area (Å²) in [6.45, 7) is 4.08. The molecule has 8 nitrogen and oxygen atoms in total. The molecule has 26 heavy (non-hydrogen) atoms. The Labute approximate surface area is 156 Å². The van der Waals surface area contributed by atoms with Crippen molar-refractivity contribution in [3.05, 3.63) is 28.8 Å². The molecule has 9 heteroatoms. The van der Waals surface area contributed by atoms with Crippen LogP contribution in [0, 0.1) is 6.92 Å². The lowest BCUT2D eigenvalue weighted by atomic mass is 10.2. The quantitative estimate of drug-likeness (QED) is 0.365. The second-order valence-electron chi connectivity index (χ2n) is 5.05. The van der Waals surface area contributed by atoms with Crippen molar-refractivity contribution < 1.29 is 33.3 Å². The van der Waals surface area contributed by atoms with Crippen LogP contribution in [0.4, 0.5) is 4.79 Å².